The van der Waals surface area contributed by atoms with Crippen LogP contribution in [0.25, 0.3) is 0 Å². The van der Waals surface area contributed by atoms with E-state index in [0.717, 1.165) is 0 Å². The molecule has 0 aliphatic carbocycles. The fourth-order valence-electron chi connectivity index (χ4n) is 5.50. The minimum absolute atomic E-state index is 0.689. The van der Waals surface area contributed by atoms with Gasteiger partial charge in [0.15, 0.2) is 18.9 Å². The molecule has 0 aromatic carbocycles. The number of aliphatic hydroxyl groups excluding tert-OH is 14. The summed E-state index contributed by atoms with van der Waals surface area (Å²) in [6.45, 7) is -4.25. The van der Waals surface area contributed by atoms with Gasteiger partial charge < -0.3 is 105 Å². The first kappa shape index (κ1) is 37.0. The molecule has 0 spiro atoms. The molecule has 4 rings (SSSR count). The highest BCUT2D eigenvalue weighted by molar-refractivity contribution is 4.99. The lowest BCUT2D eigenvalue weighted by Crippen LogP contribution is -2.66. The molecule has 4 fully saturated rings. The summed E-state index contributed by atoms with van der Waals surface area (Å²) in [5.74, 6) is -2.43. The maximum Gasteiger partial charge on any atom is 0.224 e. The van der Waals surface area contributed by atoms with Crippen LogP contribution in [-0.4, -0.2) is 221 Å². The normalized spacial score (nSPS) is 52.7. The summed E-state index contributed by atoms with van der Waals surface area (Å²) >= 11 is 0. The van der Waals surface area contributed by atoms with E-state index in [1.54, 1.807) is 0 Å². The van der Waals surface area contributed by atoms with Crippen LogP contribution in [0.1, 0.15) is 0 Å². The second-order valence-corrected chi connectivity index (χ2v) is 11.2. The second kappa shape index (κ2) is 15.1. The molecule has 264 valence electrons. The summed E-state index contributed by atoms with van der Waals surface area (Å²) in [6.07, 6.45) is -31.8. The molecule has 21 nitrogen and oxygen atoms in total. The first-order chi connectivity index (χ1) is 21.2. The lowest BCUT2D eigenvalue weighted by Gasteiger charge is -2.47. The summed E-state index contributed by atoms with van der Waals surface area (Å²) in [5, 5.41) is 142. The van der Waals surface area contributed by atoms with E-state index in [9.17, 15) is 71.5 Å². The Kier molecular flexibility index (Phi) is 12.5. The summed E-state index contributed by atoms with van der Waals surface area (Å²) in [6, 6.07) is 0. The molecule has 0 saturated carbocycles. The molecular formula is C24H42O21. The summed E-state index contributed by atoms with van der Waals surface area (Å²) in [7, 11) is 0. The van der Waals surface area contributed by atoms with Crippen molar-refractivity contribution < 1.29 is 105 Å². The Morgan fingerprint density at radius 1 is 0.489 bits per heavy atom. The van der Waals surface area contributed by atoms with Crippen LogP contribution in [-0.2, 0) is 33.2 Å². The SMILES string of the molecule is OC[C@H]1O[C@@](CO)(O[C@H]2O[C@H](CO)[C@@H](O[C@H]3O[C@H](CO[C@H]4O[C@H](CO)[C@@H](O)[C@H](O)[C@H]4O)[C@@H](O)[C@H](O)[C@H]3O)[C@H](O)[C@H]2O)[C@@H](O)[C@@H]1O. The third-order valence-electron chi connectivity index (χ3n) is 8.28. The Labute approximate surface area is 254 Å². The van der Waals surface area contributed by atoms with Gasteiger partial charge in [-0.05, 0) is 0 Å². The van der Waals surface area contributed by atoms with Crippen LogP contribution in [0.5, 0.6) is 0 Å². The third-order valence-corrected chi connectivity index (χ3v) is 8.28. The van der Waals surface area contributed by atoms with E-state index >= 15 is 0 Å². The molecule has 0 bridgehead atoms. The average Bonchev–Trinajstić information content (AvgIpc) is 3.28. The monoisotopic (exact) mass is 666 g/mol. The van der Waals surface area contributed by atoms with Crippen molar-refractivity contribution in [2.45, 2.75) is 116 Å². The molecule has 4 aliphatic heterocycles. The van der Waals surface area contributed by atoms with Crippen LogP contribution in [0.2, 0.25) is 0 Å². The summed E-state index contributed by atoms with van der Waals surface area (Å²) < 4.78 is 37.7. The predicted octanol–water partition coefficient (Wildman–Crippen LogP) is -9.75. The topological polar surface area (TPSA) is 348 Å². The molecule has 4 heterocycles. The van der Waals surface area contributed by atoms with Gasteiger partial charge in [-0.2, -0.15) is 0 Å². The molecule has 4 saturated heterocycles. The minimum atomic E-state index is -2.43. The zero-order chi connectivity index (χ0) is 33.4. The van der Waals surface area contributed by atoms with Crippen molar-refractivity contribution in [1.82, 2.24) is 0 Å². The van der Waals surface area contributed by atoms with E-state index in [-0.39, 0.29) is 0 Å². The van der Waals surface area contributed by atoms with Gasteiger partial charge in [-0.3, -0.25) is 0 Å². The molecule has 19 atom stereocenters. The number of rotatable bonds is 11. The van der Waals surface area contributed by atoms with Crippen molar-refractivity contribution in [1.29, 1.82) is 0 Å². The molecule has 21 heteroatoms. The Hall–Kier alpha value is -0.840. The van der Waals surface area contributed by atoms with Crippen molar-refractivity contribution in [2.24, 2.45) is 0 Å². The number of aliphatic hydroxyl groups is 14. The number of ether oxygens (including phenoxy) is 7. The zero-order valence-electron chi connectivity index (χ0n) is 23.5. The highest BCUT2D eigenvalue weighted by Gasteiger charge is 2.59. The molecule has 0 radical (unpaired) electrons. The van der Waals surface area contributed by atoms with E-state index in [0.29, 0.717) is 0 Å². The molecule has 0 aromatic heterocycles. The quantitative estimate of drug-likeness (QED) is 0.0973. The van der Waals surface area contributed by atoms with E-state index in [1.807, 2.05) is 0 Å². The van der Waals surface area contributed by atoms with Gasteiger partial charge in [0.05, 0.1) is 26.4 Å². The van der Waals surface area contributed by atoms with Gasteiger partial charge in [-0.1, -0.05) is 0 Å². The lowest BCUT2D eigenvalue weighted by atomic mass is 9.96. The van der Waals surface area contributed by atoms with Gasteiger partial charge in [0.1, 0.15) is 98.2 Å². The maximum atomic E-state index is 10.9. The highest BCUT2D eigenvalue weighted by Crippen LogP contribution is 2.37. The molecule has 0 aromatic rings. The maximum absolute atomic E-state index is 10.9. The van der Waals surface area contributed by atoms with Crippen LogP contribution >= 0.6 is 0 Å². The van der Waals surface area contributed by atoms with Crippen LogP contribution in [0.3, 0.4) is 0 Å². The molecule has 4 aliphatic rings. The molecule has 14 N–H and O–H groups in total. The van der Waals surface area contributed by atoms with E-state index in [1.165, 1.54) is 0 Å². The Bertz CT molecular complexity index is 929. The Morgan fingerprint density at radius 3 is 1.56 bits per heavy atom. The lowest BCUT2D eigenvalue weighted by molar-refractivity contribution is -0.399. The first-order valence-electron chi connectivity index (χ1n) is 14.1. The summed E-state index contributed by atoms with van der Waals surface area (Å²) in [4.78, 5) is 0. The van der Waals surface area contributed by atoms with Gasteiger partial charge in [0, 0.05) is 0 Å². The Morgan fingerprint density at radius 2 is 1.00 bits per heavy atom. The third kappa shape index (κ3) is 7.15. The fourth-order valence-corrected chi connectivity index (χ4v) is 5.50. The standard InChI is InChI=1S/C24H42O21/c25-1-6-10(29)13(32)16(35)21(40-6)39-4-9-11(30)14(33)17(36)22(42-9)43-19-8(3-27)41-23(18(37)15(19)34)45-24(5-28)20(38)12(31)7(2-26)44-24/h6-23,25-38H,1-5H2/t6-,7-,8-,9-,10-,11-,12-,13+,14+,15-,16-,17-,18-,19-,20+,21+,22-,23-,24+/m1/s1. The second-order valence-electron chi connectivity index (χ2n) is 11.2. The van der Waals surface area contributed by atoms with Gasteiger partial charge in [-0.25, -0.2) is 0 Å². The van der Waals surface area contributed by atoms with Crippen molar-refractivity contribution in [2.75, 3.05) is 33.0 Å². The van der Waals surface area contributed by atoms with E-state index in [2.05, 4.69) is 0 Å². The first-order valence-corrected chi connectivity index (χ1v) is 14.1. The average molecular weight is 667 g/mol. The van der Waals surface area contributed by atoms with Crippen molar-refractivity contribution in [3.05, 3.63) is 0 Å². The molecule has 0 amide bonds. The van der Waals surface area contributed by atoms with Crippen LogP contribution in [0, 0.1) is 0 Å². The molecular weight excluding hydrogens is 624 g/mol. The Balaban J connectivity index is 1.43. The smallest absolute Gasteiger partial charge is 0.224 e. The highest BCUT2D eigenvalue weighted by atomic mass is 16.8. The van der Waals surface area contributed by atoms with Crippen LogP contribution < -0.4 is 0 Å². The van der Waals surface area contributed by atoms with Gasteiger partial charge in [-0.15, -0.1) is 0 Å². The van der Waals surface area contributed by atoms with E-state index in [4.69, 9.17) is 33.2 Å². The van der Waals surface area contributed by atoms with Crippen molar-refractivity contribution in [3.63, 3.8) is 0 Å². The van der Waals surface area contributed by atoms with Gasteiger partial charge in [0.25, 0.3) is 0 Å². The van der Waals surface area contributed by atoms with Crippen LogP contribution in [0.4, 0.5) is 0 Å². The van der Waals surface area contributed by atoms with Gasteiger partial charge >= 0.3 is 0 Å². The zero-order valence-corrected chi connectivity index (χ0v) is 23.5. The summed E-state index contributed by atoms with van der Waals surface area (Å²) in [5.41, 5.74) is 0. The van der Waals surface area contributed by atoms with Gasteiger partial charge in [0.2, 0.25) is 5.79 Å². The van der Waals surface area contributed by atoms with Crippen molar-refractivity contribution >= 4 is 0 Å². The van der Waals surface area contributed by atoms with E-state index < -0.39 is 149 Å². The van der Waals surface area contributed by atoms with Crippen LogP contribution in [0.15, 0.2) is 0 Å². The van der Waals surface area contributed by atoms with Crippen molar-refractivity contribution in [3.8, 4) is 0 Å². The minimum Gasteiger partial charge on any atom is -0.394 e. The number of hydrogen-bond donors (Lipinski definition) is 14. The largest absolute Gasteiger partial charge is 0.394 e. The number of hydrogen-bond acceptors (Lipinski definition) is 21. The predicted molar refractivity (Wildman–Crippen MR) is 134 cm³/mol. The fraction of sp³-hybridized carbons (Fsp3) is 1.00. The molecule has 0 unspecified atom stereocenters. The molecule has 45 heavy (non-hydrogen) atoms.